The normalized spacial score (nSPS) is 10.5. The van der Waals surface area contributed by atoms with Crippen LogP contribution in [0.4, 0.5) is 11.4 Å². The van der Waals surface area contributed by atoms with Crippen LogP contribution >= 0.6 is 0 Å². The maximum Gasteiger partial charge on any atom is 0.238 e. The van der Waals surface area contributed by atoms with Crippen molar-refractivity contribution in [3.63, 3.8) is 0 Å². The number of benzene rings is 2. The van der Waals surface area contributed by atoms with Crippen LogP contribution in [0.3, 0.4) is 0 Å². The van der Waals surface area contributed by atoms with E-state index in [0.717, 1.165) is 5.56 Å². The molecule has 0 saturated carbocycles. The van der Waals surface area contributed by atoms with Crippen LogP contribution < -0.4 is 10.6 Å². The zero-order valence-electron chi connectivity index (χ0n) is 15.8. The molecule has 140 valence electrons. The fourth-order valence-electron chi connectivity index (χ4n) is 2.60. The molecule has 27 heavy (non-hydrogen) atoms. The molecule has 0 unspecified atom stereocenters. The molecule has 0 saturated heterocycles. The number of nitrogens with zero attached hydrogens (tertiary/aromatic N) is 2. The Kier molecular flexibility index (Phi) is 7.09. The molecule has 0 bridgehead atoms. The summed E-state index contributed by atoms with van der Waals surface area (Å²) in [6, 6.07) is 16.7. The standard InChI is InChI=1S/C21H24N4O2/c1-15(2)25(13-18-9-7-17(12-22)8-10-18)14-21(27)24-20-6-4-5-19(11-20)23-16(3)26/h4-11,15H,13-14H2,1-3H3,(H,23,26)(H,24,27). The first-order valence-corrected chi connectivity index (χ1v) is 8.78. The van der Waals surface area contributed by atoms with Crippen molar-refractivity contribution in [1.29, 1.82) is 5.26 Å². The highest BCUT2D eigenvalue weighted by atomic mass is 16.2. The van der Waals surface area contributed by atoms with Gasteiger partial charge in [-0.25, -0.2) is 0 Å². The van der Waals surface area contributed by atoms with Crippen LogP contribution in [-0.4, -0.2) is 29.3 Å². The molecule has 0 heterocycles. The first-order chi connectivity index (χ1) is 12.9. The fraction of sp³-hybridized carbons (Fsp3) is 0.286. The average Bonchev–Trinajstić information content (AvgIpc) is 2.61. The zero-order chi connectivity index (χ0) is 19.8. The van der Waals surface area contributed by atoms with Gasteiger partial charge in [0.2, 0.25) is 11.8 Å². The molecule has 6 heteroatoms. The van der Waals surface area contributed by atoms with Crippen LogP contribution in [-0.2, 0) is 16.1 Å². The molecule has 2 N–H and O–H groups in total. The van der Waals surface area contributed by atoms with E-state index in [4.69, 9.17) is 5.26 Å². The number of amides is 2. The van der Waals surface area contributed by atoms with Crippen LogP contribution in [0.2, 0.25) is 0 Å². The third-order valence-corrected chi connectivity index (χ3v) is 4.01. The number of carbonyl (C=O) groups excluding carboxylic acids is 2. The Bertz CT molecular complexity index is 838. The third kappa shape index (κ3) is 6.57. The second kappa shape index (κ2) is 9.51. The molecular formula is C21H24N4O2. The number of nitriles is 1. The van der Waals surface area contributed by atoms with E-state index in [1.807, 2.05) is 30.9 Å². The highest BCUT2D eigenvalue weighted by Gasteiger charge is 2.15. The molecule has 0 aliphatic carbocycles. The SMILES string of the molecule is CC(=O)Nc1cccc(NC(=O)CN(Cc2ccc(C#N)cc2)C(C)C)c1. The zero-order valence-corrected chi connectivity index (χ0v) is 15.8. The van der Waals surface area contributed by atoms with E-state index in [1.54, 1.807) is 36.4 Å². The first-order valence-electron chi connectivity index (χ1n) is 8.78. The number of nitrogens with one attached hydrogen (secondary N) is 2. The van der Waals surface area contributed by atoms with Crippen molar-refractivity contribution in [2.45, 2.75) is 33.4 Å². The Morgan fingerprint density at radius 1 is 1.07 bits per heavy atom. The maximum absolute atomic E-state index is 12.5. The van der Waals surface area contributed by atoms with E-state index >= 15 is 0 Å². The fourth-order valence-corrected chi connectivity index (χ4v) is 2.60. The van der Waals surface area contributed by atoms with Gasteiger partial charge in [0, 0.05) is 30.9 Å². The molecule has 2 aromatic rings. The first kappa shape index (κ1) is 20.1. The van der Waals surface area contributed by atoms with Crippen LogP contribution in [0.25, 0.3) is 0 Å². The molecule has 2 aromatic carbocycles. The maximum atomic E-state index is 12.5. The minimum absolute atomic E-state index is 0.127. The van der Waals surface area contributed by atoms with Gasteiger partial charge in [-0.1, -0.05) is 18.2 Å². The molecule has 2 rings (SSSR count). The van der Waals surface area contributed by atoms with Gasteiger partial charge in [0.05, 0.1) is 18.2 Å². The Morgan fingerprint density at radius 2 is 1.70 bits per heavy atom. The summed E-state index contributed by atoms with van der Waals surface area (Å²) < 4.78 is 0. The number of hydrogen-bond acceptors (Lipinski definition) is 4. The second-order valence-corrected chi connectivity index (χ2v) is 6.62. The van der Waals surface area contributed by atoms with Gasteiger partial charge in [-0.05, 0) is 49.7 Å². The molecular weight excluding hydrogens is 340 g/mol. The average molecular weight is 364 g/mol. The van der Waals surface area contributed by atoms with E-state index in [9.17, 15) is 9.59 Å². The van der Waals surface area contributed by atoms with Crippen LogP contribution in [0.5, 0.6) is 0 Å². The van der Waals surface area contributed by atoms with Gasteiger partial charge in [-0.15, -0.1) is 0 Å². The molecule has 0 spiro atoms. The van der Waals surface area contributed by atoms with Crippen molar-refractivity contribution < 1.29 is 9.59 Å². The quantitative estimate of drug-likeness (QED) is 0.789. The van der Waals surface area contributed by atoms with Crippen molar-refractivity contribution in [3.8, 4) is 6.07 Å². The monoisotopic (exact) mass is 364 g/mol. The van der Waals surface area contributed by atoms with Gasteiger partial charge in [-0.2, -0.15) is 5.26 Å². The Balaban J connectivity index is 2.00. The van der Waals surface area contributed by atoms with Crippen molar-refractivity contribution >= 4 is 23.2 Å². The smallest absolute Gasteiger partial charge is 0.238 e. The minimum Gasteiger partial charge on any atom is -0.326 e. The van der Waals surface area contributed by atoms with Gasteiger partial charge in [-0.3, -0.25) is 14.5 Å². The highest BCUT2D eigenvalue weighted by Crippen LogP contribution is 2.16. The molecule has 0 aliphatic rings. The van der Waals surface area contributed by atoms with Crippen molar-refractivity contribution in [2.75, 3.05) is 17.2 Å². The number of anilines is 2. The lowest BCUT2D eigenvalue weighted by Gasteiger charge is -2.26. The topological polar surface area (TPSA) is 85.2 Å². The van der Waals surface area contributed by atoms with Crippen molar-refractivity contribution in [2.24, 2.45) is 0 Å². The summed E-state index contributed by atoms with van der Waals surface area (Å²) in [6.07, 6.45) is 0. The van der Waals surface area contributed by atoms with E-state index in [2.05, 4.69) is 16.7 Å². The lowest BCUT2D eigenvalue weighted by molar-refractivity contribution is -0.118. The predicted molar refractivity (Wildman–Crippen MR) is 106 cm³/mol. The number of rotatable bonds is 7. The molecule has 0 fully saturated rings. The van der Waals surface area contributed by atoms with Gasteiger partial charge in [0.25, 0.3) is 0 Å². The molecule has 0 aliphatic heterocycles. The van der Waals surface area contributed by atoms with E-state index in [0.29, 0.717) is 23.5 Å². The van der Waals surface area contributed by atoms with E-state index in [1.165, 1.54) is 6.92 Å². The van der Waals surface area contributed by atoms with Gasteiger partial charge in [0.1, 0.15) is 0 Å². The number of carbonyl (C=O) groups is 2. The third-order valence-electron chi connectivity index (χ3n) is 4.01. The molecule has 2 amide bonds. The van der Waals surface area contributed by atoms with Gasteiger partial charge >= 0.3 is 0 Å². The van der Waals surface area contributed by atoms with Crippen LogP contribution in [0.1, 0.15) is 31.9 Å². The summed E-state index contributed by atoms with van der Waals surface area (Å²) in [6.45, 7) is 6.36. The van der Waals surface area contributed by atoms with E-state index in [-0.39, 0.29) is 24.4 Å². The van der Waals surface area contributed by atoms with Crippen molar-refractivity contribution in [3.05, 3.63) is 59.7 Å². The number of hydrogen-bond donors (Lipinski definition) is 2. The molecule has 0 aromatic heterocycles. The summed E-state index contributed by atoms with van der Waals surface area (Å²) in [7, 11) is 0. The summed E-state index contributed by atoms with van der Waals surface area (Å²) in [5.74, 6) is -0.288. The molecule has 0 atom stereocenters. The summed E-state index contributed by atoms with van der Waals surface area (Å²) in [5.41, 5.74) is 2.93. The van der Waals surface area contributed by atoms with Gasteiger partial charge in [0.15, 0.2) is 0 Å². The molecule has 6 nitrogen and oxygen atoms in total. The summed E-state index contributed by atoms with van der Waals surface area (Å²) in [4.78, 5) is 25.7. The van der Waals surface area contributed by atoms with Crippen molar-refractivity contribution in [1.82, 2.24) is 4.90 Å². The largest absolute Gasteiger partial charge is 0.326 e. The summed E-state index contributed by atoms with van der Waals surface area (Å²) in [5, 5.41) is 14.5. The van der Waals surface area contributed by atoms with Crippen LogP contribution in [0.15, 0.2) is 48.5 Å². The highest BCUT2D eigenvalue weighted by molar-refractivity contribution is 5.94. The summed E-state index contributed by atoms with van der Waals surface area (Å²) >= 11 is 0. The predicted octanol–water partition coefficient (Wildman–Crippen LogP) is 3.37. The lowest BCUT2D eigenvalue weighted by atomic mass is 10.1. The van der Waals surface area contributed by atoms with Crippen LogP contribution in [0, 0.1) is 11.3 Å². The Hall–Kier alpha value is -3.17. The lowest BCUT2D eigenvalue weighted by Crippen LogP contribution is -2.37. The van der Waals surface area contributed by atoms with E-state index < -0.39 is 0 Å². The Labute approximate surface area is 159 Å². The molecule has 0 radical (unpaired) electrons. The van der Waals surface area contributed by atoms with Gasteiger partial charge < -0.3 is 10.6 Å². The second-order valence-electron chi connectivity index (χ2n) is 6.62. The minimum atomic E-state index is -0.160. The Morgan fingerprint density at radius 3 is 2.26 bits per heavy atom.